The van der Waals surface area contributed by atoms with Crippen LogP contribution in [0.3, 0.4) is 0 Å². The van der Waals surface area contributed by atoms with Gasteiger partial charge in [0.2, 0.25) is 5.56 Å². The zero-order chi connectivity index (χ0) is 24.2. The number of amides is 1. The van der Waals surface area contributed by atoms with Gasteiger partial charge in [-0.3, -0.25) is 14.4 Å². The minimum atomic E-state index is -0.643. The number of ether oxygens (including phenoxy) is 1. The molecule has 0 saturated heterocycles. The van der Waals surface area contributed by atoms with Gasteiger partial charge in [0.25, 0.3) is 5.91 Å². The second kappa shape index (κ2) is 9.54. The predicted octanol–water partition coefficient (Wildman–Crippen LogP) is 4.44. The van der Waals surface area contributed by atoms with Crippen LogP contribution in [0.4, 0.5) is 5.69 Å². The van der Waals surface area contributed by atoms with Crippen molar-refractivity contribution < 1.29 is 19.1 Å². The molecule has 3 aromatic carbocycles. The number of esters is 1. The molecule has 7 nitrogen and oxygen atoms in total. The Labute approximate surface area is 195 Å². The summed E-state index contributed by atoms with van der Waals surface area (Å²) >= 11 is 0. The van der Waals surface area contributed by atoms with E-state index in [1.165, 1.54) is 18.2 Å². The number of Topliss-reactive ketones (excluding diaryl/α,β-unsaturated/α-hetero) is 1. The second-order valence-corrected chi connectivity index (χ2v) is 7.92. The summed E-state index contributed by atoms with van der Waals surface area (Å²) in [7, 11) is 0. The maximum Gasteiger partial charge on any atom is 0.338 e. The lowest BCUT2D eigenvalue weighted by Gasteiger charge is -2.09. The van der Waals surface area contributed by atoms with Gasteiger partial charge in [0, 0.05) is 28.2 Å². The fourth-order valence-corrected chi connectivity index (χ4v) is 3.49. The number of H-pyrrole nitrogens is 1. The number of ketones is 1. The number of pyridine rings is 1. The van der Waals surface area contributed by atoms with Crippen molar-refractivity contribution in [2.75, 3.05) is 11.9 Å². The monoisotopic (exact) mass is 454 g/mol. The second-order valence-electron chi connectivity index (χ2n) is 7.92. The van der Waals surface area contributed by atoms with Crippen molar-refractivity contribution in [3.63, 3.8) is 0 Å². The standard InChI is InChI=1S/C27H22N2O5/c1-16-7-8-19(13-17(16)2)24(30)15-34-27(33)18-9-11-20(12-10-18)28-26(32)22-14-25(31)29-23-6-4-3-5-21(22)23/h3-14H,15H2,1-2H3,(H,28,32)(H,29,31). The minimum absolute atomic E-state index is 0.243. The van der Waals surface area contributed by atoms with Crippen molar-refractivity contribution in [3.05, 3.63) is 111 Å². The number of hydrogen-bond acceptors (Lipinski definition) is 5. The number of carbonyl (C=O) groups excluding carboxylic acids is 3. The van der Waals surface area contributed by atoms with Crippen LogP contribution in [-0.4, -0.2) is 29.3 Å². The maximum absolute atomic E-state index is 12.8. The fraction of sp³-hybridized carbons (Fsp3) is 0.111. The number of benzene rings is 3. The highest BCUT2D eigenvalue weighted by atomic mass is 16.5. The number of anilines is 1. The summed E-state index contributed by atoms with van der Waals surface area (Å²) in [6.07, 6.45) is 0. The summed E-state index contributed by atoms with van der Waals surface area (Å²) in [4.78, 5) is 52.0. The lowest BCUT2D eigenvalue weighted by molar-refractivity contribution is 0.0475. The van der Waals surface area contributed by atoms with Crippen molar-refractivity contribution >= 4 is 34.3 Å². The molecule has 0 aliphatic heterocycles. The highest BCUT2D eigenvalue weighted by Gasteiger charge is 2.14. The van der Waals surface area contributed by atoms with E-state index in [1.807, 2.05) is 19.9 Å². The molecule has 0 aliphatic carbocycles. The van der Waals surface area contributed by atoms with Gasteiger partial charge in [-0.2, -0.15) is 0 Å². The van der Waals surface area contributed by atoms with Crippen LogP contribution in [0.2, 0.25) is 0 Å². The molecule has 0 atom stereocenters. The fourth-order valence-electron chi connectivity index (χ4n) is 3.49. The lowest BCUT2D eigenvalue weighted by atomic mass is 10.0. The van der Waals surface area contributed by atoms with Crippen molar-refractivity contribution in [3.8, 4) is 0 Å². The largest absolute Gasteiger partial charge is 0.454 e. The summed E-state index contributed by atoms with van der Waals surface area (Å²) in [5, 5.41) is 3.35. The highest BCUT2D eigenvalue weighted by Crippen LogP contribution is 2.18. The first-order valence-electron chi connectivity index (χ1n) is 10.6. The Balaban J connectivity index is 1.40. The molecule has 0 unspecified atom stereocenters. The lowest BCUT2D eigenvalue weighted by Crippen LogP contribution is -2.17. The molecule has 7 heteroatoms. The molecule has 1 aromatic heterocycles. The smallest absolute Gasteiger partial charge is 0.338 e. The van der Waals surface area contributed by atoms with E-state index in [1.54, 1.807) is 48.5 Å². The Hall–Kier alpha value is -4.52. The zero-order valence-corrected chi connectivity index (χ0v) is 18.7. The molecule has 4 aromatic rings. The van der Waals surface area contributed by atoms with Gasteiger partial charge in [0.15, 0.2) is 12.4 Å². The third-order valence-corrected chi connectivity index (χ3v) is 5.54. The Morgan fingerprint density at radius 1 is 0.853 bits per heavy atom. The molecule has 0 bridgehead atoms. The number of nitrogens with one attached hydrogen (secondary N) is 2. The van der Waals surface area contributed by atoms with Gasteiger partial charge in [0.1, 0.15) is 0 Å². The van der Waals surface area contributed by atoms with Crippen LogP contribution in [0.15, 0.2) is 77.6 Å². The van der Waals surface area contributed by atoms with Crippen molar-refractivity contribution in [1.29, 1.82) is 0 Å². The van der Waals surface area contributed by atoms with E-state index in [0.717, 1.165) is 11.1 Å². The van der Waals surface area contributed by atoms with Crippen LogP contribution in [-0.2, 0) is 4.74 Å². The van der Waals surface area contributed by atoms with E-state index >= 15 is 0 Å². The number of carbonyl (C=O) groups is 3. The van der Waals surface area contributed by atoms with Crippen LogP contribution < -0.4 is 10.9 Å². The number of aryl methyl sites for hydroxylation is 2. The summed E-state index contributed by atoms with van der Waals surface area (Å²) in [5.74, 6) is -1.38. The summed E-state index contributed by atoms with van der Waals surface area (Å²) in [6, 6.07) is 19.7. The third-order valence-electron chi connectivity index (χ3n) is 5.54. The summed E-state index contributed by atoms with van der Waals surface area (Å²) in [5.41, 5.74) is 3.67. The number of rotatable bonds is 6. The molecule has 0 saturated carbocycles. The van der Waals surface area contributed by atoms with E-state index in [0.29, 0.717) is 22.2 Å². The number of para-hydroxylation sites is 1. The topological polar surface area (TPSA) is 105 Å². The van der Waals surface area contributed by atoms with Crippen LogP contribution in [0, 0.1) is 13.8 Å². The summed E-state index contributed by atoms with van der Waals surface area (Å²) < 4.78 is 5.15. The number of hydrogen-bond donors (Lipinski definition) is 2. The van der Waals surface area contributed by atoms with Crippen molar-refractivity contribution in [2.24, 2.45) is 0 Å². The molecular formula is C27H22N2O5. The Morgan fingerprint density at radius 2 is 1.56 bits per heavy atom. The third kappa shape index (κ3) is 4.94. The molecule has 0 spiro atoms. The molecule has 0 fully saturated rings. The van der Waals surface area contributed by atoms with E-state index in [-0.39, 0.29) is 29.1 Å². The van der Waals surface area contributed by atoms with E-state index in [9.17, 15) is 19.2 Å². The van der Waals surface area contributed by atoms with Gasteiger partial charge in [-0.25, -0.2) is 4.79 Å². The average Bonchev–Trinajstić information content (AvgIpc) is 2.83. The Bertz CT molecular complexity index is 1470. The first-order chi connectivity index (χ1) is 16.3. The molecule has 4 rings (SSSR count). The predicted molar refractivity (Wildman–Crippen MR) is 129 cm³/mol. The molecule has 170 valence electrons. The quantitative estimate of drug-likeness (QED) is 0.331. The minimum Gasteiger partial charge on any atom is -0.454 e. The van der Waals surface area contributed by atoms with Gasteiger partial charge < -0.3 is 15.0 Å². The van der Waals surface area contributed by atoms with Crippen LogP contribution in [0.5, 0.6) is 0 Å². The Kier molecular flexibility index (Phi) is 6.36. The summed E-state index contributed by atoms with van der Waals surface area (Å²) in [6.45, 7) is 3.50. The SMILES string of the molecule is Cc1ccc(C(=O)COC(=O)c2ccc(NC(=O)c3cc(=O)[nH]c4ccccc34)cc2)cc1C. The van der Waals surface area contributed by atoms with Crippen molar-refractivity contribution in [2.45, 2.75) is 13.8 Å². The van der Waals surface area contributed by atoms with Crippen molar-refractivity contribution in [1.82, 2.24) is 4.98 Å². The van der Waals surface area contributed by atoms with Crippen LogP contribution in [0.1, 0.15) is 42.2 Å². The molecular weight excluding hydrogens is 432 g/mol. The van der Waals surface area contributed by atoms with Crippen LogP contribution in [0.25, 0.3) is 10.9 Å². The Morgan fingerprint density at radius 3 is 2.29 bits per heavy atom. The average molecular weight is 454 g/mol. The van der Waals surface area contributed by atoms with Crippen LogP contribution >= 0.6 is 0 Å². The molecule has 2 N–H and O–H groups in total. The number of aromatic amines is 1. The van der Waals surface area contributed by atoms with Gasteiger partial charge in [0.05, 0.1) is 11.1 Å². The molecule has 1 heterocycles. The zero-order valence-electron chi connectivity index (χ0n) is 18.7. The maximum atomic E-state index is 12.8. The van der Waals surface area contributed by atoms with Gasteiger partial charge in [-0.15, -0.1) is 0 Å². The van der Waals surface area contributed by atoms with E-state index in [2.05, 4.69) is 10.3 Å². The number of aromatic nitrogens is 1. The molecule has 0 aliphatic rings. The molecule has 0 radical (unpaired) electrons. The normalized spacial score (nSPS) is 10.6. The first kappa shape index (κ1) is 22.7. The van der Waals surface area contributed by atoms with E-state index in [4.69, 9.17) is 4.74 Å². The van der Waals surface area contributed by atoms with Gasteiger partial charge in [-0.1, -0.05) is 30.3 Å². The highest BCUT2D eigenvalue weighted by molar-refractivity contribution is 6.12. The molecule has 1 amide bonds. The van der Waals surface area contributed by atoms with Gasteiger partial charge in [-0.05, 0) is 61.4 Å². The number of fused-ring (bicyclic) bond motifs is 1. The molecule has 34 heavy (non-hydrogen) atoms. The first-order valence-corrected chi connectivity index (χ1v) is 10.6. The van der Waals surface area contributed by atoms with Gasteiger partial charge >= 0.3 is 5.97 Å². The van der Waals surface area contributed by atoms with E-state index < -0.39 is 11.9 Å².